The van der Waals surface area contributed by atoms with Crippen molar-refractivity contribution in [2.75, 3.05) is 36.8 Å². The van der Waals surface area contributed by atoms with Crippen LogP contribution in [0.25, 0.3) is 0 Å². The Kier molecular flexibility index (Phi) is 9.50. The third-order valence-electron chi connectivity index (χ3n) is 4.75. The summed E-state index contributed by atoms with van der Waals surface area (Å²) in [6, 6.07) is 14.1. The van der Waals surface area contributed by atoms with Gasteiger partial charge in [0.2, 0.25) is 5.91 Å². The molecule has 4 N–H and O–H groups in total. The highest BCUT2D eigenvalue weighted by Gasteiger charge is 2.24. The number of aliphatic imine (C=N–C) groups is 1. The first-order valence-electron chi connectivity index (χ1n) is 9.96. The number of amides is 1. The van der Waals surface area contributed by atoms with Gasteiger partial charge >= 0.3 is 0 Å². The van der Waals surface area contributed by atoms with E-state index in [0.717, 1.165) is 23.5 Å². The van der Waals surface area contributed by atoms with Crippen molar-refractivity contribution in [1.82, 2.24) is 10.6 Å². The van der Waals surface area contributed by atoms with Crippen molar-refractivity contribution in [2.45, 2.75) is 19.3 Å². The molecule has 0 aromatic heterocycles. The van der Waals surface area contributed by atoms with Crippen LogP contribution < -0.4 is 21.3 Å². The van der Waals surface area contributed by atoms with Crippen molar-refractivity contribution >= 4 is 52.9 Å². The second-order valence-electron chi connectivity index (χ2n) is 6.91. The molecule has 0 saturated carbocycles. The molecule has 1 atom stereocenters. The molecule has 1 aliphatic heterocycles. The van der Waals surface area contributed by atoms with Crippen LogP contribution in [0.15, 0.2) is 53.5 Å². The molecular weight excluding hydrogens is 511 g/mol. The van der Waals surface area contributed by atoms with E-state index < -0.39 is 4.92 Å². The van der Waals surface area contributed by atoms with Crippen LogP contribution in [0.4, 0.5) is 17.1 Å². The van der Waals surface area contributed by atoms with E-state index in [0.29, 0.717) is 32.0 Å². The lowest BCUT2D eigenvalue weighted by Gasteiger charge is -2.24. The molecule has 0 aliphatic carbocycles. The number of guanidine groups is 1. The van der Waals surface area contributed by atoms with Crippen LogP contribution >= 0.6 is 24.0 Å². The molecule has 1 amide bonds. The van der Waals surface area contributed by atoms with Crippen LogP contribution in [-0.2, 0) is 4.79 Å². The van der Waals surface area contributed by atoms with Gasteiger partial charge < -0.3 is 21.3 Å². The summed E-state index contributed by atoms with van der Waals surface area (Å²) in [4.78, 5) is 26.9. The van der Waals surface area contributed by atoms with Gasteiger partial charge in [-0.2, -0.15) is 0 Å². The van der Waals surface area contributed by atoms with Gasteiger partial charge in [-0.15, -0.1) is 24.0 Å². The van der Waals surface area contributed by atoms with Crippen molar-refractivity contribution in [3.63, 3.8) is 0 Å². The molecule has 2 aromatic rings. The number of benzene rings is 2. The monoisotopic (exact) mass is 538 g/mol. The molecular formula is C21H27IN6O3. The molecule has 31 heavy (non-hydrogen) atoms. The number of nitro groups is 1. The fraction of sp³-hybridized carbons (Fsp3) is 0.333. The summed E-state index contributed by atoms with van der Waals surface area (Å²) < 4.78 is 0. The molecule has 1 unspecified atom stereocenters. The third kappa shape index (κ3) is 7.09. The molecule has 166 valence electrons. The average molecular weight is 538 g/mol. The molecule has 0 bridgehead atoms. The fourth-order valence-electron chi connectivity index (χ4n) is 3.30. The highest BCUT2D eigenvalue weighted by Crippen LogP contribution is 2.31. The number of hydrogen-bond donors (Lipinski definition) is 4. The number of carbonyl (C=O) groups is 1. The maximum Gasteiger partial charge on any atom is 0.269 e. The first-order chi connectivity index (χ1) is 14.6. The van der Waals surface area contributed by atoms with Crippen LogP contribution in [0.5, 0.6) is 0 Å². The van der Waals surface area contributed by atoms with Crippen LogP contribution in [-0.4, -0.2) is 43.0 Å². The summed E-state index contributed by atoms with van der Waals surface area (Å²) in [6.45, 7) is 4.47. The lowest BCUT2D eigenvalue weighted by Crippen LogP contribution is -2.40. The number of nitrogens with one attached hydrogen (secondary N) is 4. The van der Waals surface area contributed by atoms with E-state index in [9.17, 15) is 14.9 Å². The minimum absolute atomic E-state index is 0. The lowest BCUT2D eigenvalue weighted by atomic mass is 9.91. The van der Waals surface area contributed by atoms with Gasteiger partial charge in [-0.25, -0.2) is 0 Å². The van der Waals surface area contributed by atoms with Crippen molar-refractivity contribution in [3.05, 3.63) is 64.2 Å². The summed E-state index contributed by atoms with van der Waals surface area (Å²) in [6.07, 6.45) is 0.418. The molecule has 0 fully saturated rings. The minimum atomic E-state index is -0.418. The number of anilines is 2. The predicted octanol–water partition coefficient (Wildman–Crippen LogP) is 3.31. The summed E-state index contributed by atoms with van der Waals surface area (Å²) in [7, 11) is 0. The van der Waals surface area contributed by atoms with Crippen LogP contribution in [0.2, 0.25) is 0 Å². The highest BCUT2D eigenvalue weighted by atomic mass is 127. The maximum absolute atomic E-state index is 12.0. The Morgan fingerprint density at radius 1 is 1.16 bits per heavy atom. The summed E-state index contributed by atoms with van der Waals surface area (Å²) in [5.74, 6) is 0.745. The minimum Gasteiger partial charge on any atom is -0.383 e. The van der Waals surface area contributed by atoms with Crippen molar-refractivity contribution in [1.29, 1.82) is 0 Å². The molecule has 0 radical (unpaired) electrons. The Morgan fingerprint density at radius 2 is 1.90 bits per heavy atom. The Hall–Kier alpha value is -2.89. The van der Waals surface area contributed by atoms with Gasteiger partial charge in [-0.05, 0) is 30.7 Å². The van der Waals surface area contributed by atoms with Gasteiger partial charge in [0.15, 0.2) is 5.96 Å². The number of hydrogen-bond acceptors (Lipinski definition) is 5. The highest BCUT2D eigenvalue weighted by molar-refractivity contribution is 14.0. The van der Waals surface area contributed by atoms with E-state index in [-0.39, 0.29) is 41.5 Å². The van der Waals surface area contributed by atoms with Crippen molar-refractivity contribution in [2.24, 2.45) is 4.99 Å². The zero-order chi connectivity index (χ0) is 21.3. The van der Waals surface area contributed by atoms with Gasteiger partial charge in [0.05, 0.1) is 11.5 Å². The fourth-order valence-corrected chi connectivity index (χ4v) is 3.30. The average Bonchev–Trinajstić information content (AvgIpc) is 2.75. The van der Waals surface area contributed by atoms with E-state index in [4.69, 9.17) is 0 Å². The Balaban J connectivity index is 0.00000341. The summed E-state index contributed by atoms with van der Waals surface area (Å²) >= 11 is 0. The lowest BCUT2D eigenvalue weighted by molar-refractivity contribution is -0.384. The summed E-state index contributed by atoms with van der Waals surface area (Å²) in [5, 5.41) is 23.3. The van der Waals surface area contributed by atoms with Gasteiger partial charge in [0.1, 0.15) is 0 Å². The van der Waals surface area contributed by atoms with Crippen molar-refractivity contribution < 1.29 is 9.72 Å². The number of nitrogens with zero attached hydrogens (tertiary/aromatic N) is 2. The number of halogens is 1. The summed E-state index contributed by atoms with van der Waals surface area (Å²) in [5.41, 5.74) is 2.85. The predicted molar refractivity (Wildman–Crippen MR) is 133 cm³/mol. The molecule has 0 saturated heterocycles. The van der Waals surface area contributed by atoms with Gasteiger partial charge in [-0.1, -0.05) is 18.2 Å². The topological polar surface area (TPSA) is 121 Å². The van der Waals surface area contributed by atoms with E-state index in [1.807, 2.05) is 31.2 Å². The molecule has 1 aliphatic rings. The number of carbonyl (C=O) groups excluding carboxylic acids is 1. The number of nitro benzene ring substituents is 1. The zero-order valence-electron chi connectivity index (χ0n) is 17.3. The molecule has 10 heteroatoms. The molecule has 3 rings (SSSR count). The van der Waals surface area contributed by atoms with Crippen LogP contribution in [0.1, 0.15) is 24.8 Å². The van der Waals surface area contributed by atoms with Gasteiger partial charge in [0, 0.05) is 55.5 Å². The van der Waals surface area contributed by atoms with E-state index >= 15 is 0 Å². The van der Waals surface area contributed by atoms with Crippen molar-refractivity contribution in [3.8, 4) is 0 Å². The number of rotatable bonds is 8. The third-order valence-corrected chi connectivity index (χ3v) is 4.75. The Labute approximate surface area is 198 Å². The Morgan fingerprint density at radius 3 is 2.61 bits per heavy atom. The molecule has 9 nitrogen and oxygen atoms in total. The number of fused-ring (bicyclic) bond motifs is 1. The molecule has 1 heterocycles. The number of non-ortho nitro benzene ring substituents is 1. The Bertz CT molecular complexity index is 920. The maximum atomic E-state index is 12.0. The van der Waals surface area contributed by atoms with Crippen LogP contribution in [0, 0.1) is 10.1 Å². The smallest absolute Gasteiger partial charge is 0.269 e. The largest absolute Gasteiger partial charge is 0.383 e. The molecule has 0 spiro atoms. The van der Waals surface area contributed by atoms with E-state index in [2.05, 4.69) is 26.3 Å². The number of para-hydroxylation sites is 1. The van der Waals surface area contributed by atoms with E-state index in [1.54, 1.807) is 12.1 Å². The zero-order valence-corrected chi connectivity index (χ0v) is 19.6. The van der Waals surface area contributed by atoms with Gasteiger partial charge in [0.25, 0.3) is 5.69 Å². The van der Waals surface area contributed by atoms with Crippen LogP contribution in [0.3, 0.4) is 0 Å². The van der Waals surface area contributed by atoms with E-state index in [1.165, 1.54) is 12.1 Å². The van der Waals surface area contributed by atoms with Gasteiger partial charge in [-0.3, -0.25) is 19.9 Å². The first kappa shape index (κ1) is 24.4. The quantitative estimate of drug-likeness (QED) is 0.102. The second-order valence-corrected chi connectivity index (χ2v) is 6.91. The molecule has 2 aromatic carbocycles. The first-order valence-corrected chi connectivity index (χ1v) is 9.96. The second kappa shape index (κ2) is 12.1. The normalized spacial score (nSPS) is 15.2. The SMILES string of the molecule is CCNC(=NCC1CC(=O)Nc2ccccc21)NCCNc1ccc([N+](=O)[O-])cc1.I. The standard InChI is InChI=1S/C21H26N6O3.HI/c1-2-22-21(24-12-11-23-16-7-9-17(10-8-16)27(29)30)25-14-15-13-20(28)26-19-6-4-3-5-18(15)19;/h3-10,15,23H,2,11-14H2,1H3,(H,26,28)(H2,22,24,25);1H.